The molecule has 6 amide bonds. The molecule has 20 nitrogen and oxygen atoms in total. The highest BCUT2D eigenvalue weighted by molar-refractivity contribution is 5.95. The maximum absolute atomic E-state index is 13.3. The fourth-order valence-corrected chi connectivity index (χ4v) is 5.23. The molecule has 0 bridgehead atoms. The molecule has 0 spiro atoms. The number of carbonyl (C=O) groups excluding carboxylic acids is 6. The molecule has 0 radical (unpaired) electrons. The molecule has 0 aromatic heterocycles. The molecular weight excluding hydrogens is 700 g/mol. The van der Waals surface area contributed by atoms with Gasteiger partial charge in [0.05, 0.1) is 25.9 Å². The van der Waals surface area contributed by atoms with E-state index in [1.165, 1.54) is 6.92 Å². The molecule has 1 aliphatic rings. The third-order valence-electron chi connectivity index (χ3n) is 8.36. The van der Waals surface area contributed by atoms with Gasteiger partial charge in [0.1, 0.15) is 36.3 Å². The predicted octanol–water partition coefficient (Wildman–Crippen LogP) is -5.54. The minimum absolute atomic E-state index is 0.0143. The summed E-state index contributed by atoms with van der Waals surface area (Å²) in [5.74, 6) is -6.41. The van der Waals surface area contributed by atoms with Gasteiger partial charge in [-0.2, -0.15) is 0 Å². The zero-order valence-corrected chi connectivity index (χ0v) is 29.5. The van der Waals surface area contributed by atoms with Crippen LogP contribution in [0.15, 0.2) is 30.3 Å². The Morgan fingerprint density at radius 1 is 0.887 bits per heavy atom. The van der Waals surface area contributed by atoms with Gasteiger partial charge in [0.2, 0.25) is 35.4 Å². The maximum atomic E-state index is 13.3. The number of aliphatic hydroxyl groups is 4. The van der Waals surface area contributed by atoms with Crippen LogP contribution in [0, 0.1) is 0 Å². The number of hydrogen-bond acceptors (Lipinski definition) is 13. The number of hydrogen-bond donors (Lipinski definition) is 13. The molecule has 1 heterocycles. The van der Waals surface area contributed by atoms with Gasteiger partial charge < -0.3 is 68.5 Å². The molecule has 0 aliphatic carbocycles. The van der Waals surface area contributed by atoms with Crippen molar-refractivity contribution < 1.29 is 59.1 Å². The lowest BCUT2D eigenvalue weighted by Crippen LogP contribution is -2.61. The van der Waals surface area contributed by atoms with E-state index < -0.39 is 110 Å². The van der Waals surface area contributed by atoms with Crippen LogP contribution in [0.5, 0.6) is 0 Å². The van der Waals surface area contributed by atoms with Crippen molar-refractivity contribution in [3.05, 3.63) is 35.9 Å². The van der Waals surface area contributed by atoms with Crippen molar-refractivity contribution in [2.75, 3.05) is 32.9 Å². The number of nitrogens with two attached hydrogens (primary N) is 1. The smallest absolute Gasteiger partial charge is 0.326 e. The van der Waals surface area contributed by atoms with Crippen molar-refractivity contribution in [3.63, 3.8) is 0 Å². The number of nitrogens with one attached hydrogen (secondary N) is 7. The van der Waals surface area contributed by atoms with Gasteiger partial charge in [-0.25, -0.2) is 4.79 Å². The number of benzene rings is 1. The Hall–Kier alpha value is -4.73. The van der Waals surface area contributed by atoms with E-state index in [0.717, 1.165) is 0 Å². The van der Waals surface area contributed by atoms with Crippen molar-refractivity contribution in [2.24, 2.45) is 5.73 Å². The normalized spacial score (nSPS) is 23.3. The average molecular weight is 753 g/mol. The van der Waals surface area contributed by atoms with Gasteiger partial charge in [-0.05, 0) is 38.2 Å². The van der Waals surface area contributed by atoms with E-state index in [0.29, 0.717) is 18.4 Å². The molecule has 2 rings (SSSR count). The van der Waals surface area contributed by atoms with E-state index in [1.54, 1.807) is 30.3 Å². The molecule has 0 saturated carbocycles. The minimum Gasteiger partial charge on any atom is -0.480 e. The Kier molecular flexibility index (Phi) is 19.3. The first-order valence-corrected chi connectivity index (χ1v) is 17.3. The van der Waals surface area contributed by atoms with Crippen LogP contribution in [-0.4, -0.2) is 148 Å². The minimum atomic E-state index is -1.69. The van der Waals surface area contributed by atoms with E-state index in [1.807, 2.05) is 0 Å². The highest BCUT2D eigenvalue weighted by Gasteiger charge is 2.34. The quantitative estimate of drug-likeness (QED) is 0.0844. The van der Waals surface area contributed by atoms with Crippen LogP contribution in [0.25, 0.3) is 0 Å². The third-order valence-corrected chi connectivity index (χ3v) is 8.36. The van der Waals surface area contributed by atoms with Crippen molar-refractivity contribution >= 4 is 41.4 Å². The molecule has 8 atom stereocenters. The Morgan fingerprint density at radius 3 is 2.19 bits per heavy atom. The molecule has 1 fully saturated rings. The molecule has 1 aliphatic heterocycles. The maximum Gasteiger partial charge on any atom is 0.326 e. The summed E-state index contributed by atoms with van der Waals surface area (Å²) in [6.45, 7) is -1.13. The number of rotatable bonds is 14. The zero-order valence-electron chi connectivity index (χ0n) is 29.5. The number of carbonyl (C=O) groups is 7. The van der Waals surface area contributed by atoms with E-state index in [2.05, 4.69) is 37.2 Å². The largest absolute Gasteiger partial charge is 0.480 e. The van der Waals surface area contributed by atoms with Crippen LogP contribution in [0.2, 0.25) is 0 Å². The Bertz CT molecular complexity index is 1380. The summed E-state index contributed by atoms with van der Waals surface area (Å²) in [4.78, 5) is 89.5. The Morgan fingerprint density at radius 2 is 1.58 bits per heavy atom. The van der Waals surface area contributed by atoms with Crippen LogP contribution in [-0.2, 0) is 40.0 Å². The lowest BCUT2D eigenvalue weighted by Gasteiger charge is -2.28. The number of aliphatic carboxylic acids is 1. The lowest BCUT2D eigenvalue weighted by atomic mass is 10.0. The SMILES string of the molecule is CC(O)C1NC(=O)C(NC(=O)C(N)CO)CCC(=O)NCCCCC(CNC(CO)C(=O)NC(Cc2ccccc2)C(=O)O)NC(=O)C(CO)NC1=O. The second kappa shape index (κ2) is 23.0. The highest BCUT2D eigenvalue weighted by Crippen LogP contribution is 2.07. The molecule has 296 valence electrons. The summed E-state index contributed by atoms with van der Waals surface area (Å²) in [5.41, 5.74) is 6.20. The van der Waals surface area contributed by atoms with E-state index >= 15 is 0 Å². The van der Waals surface area contributed by atoms with Gasteiger partial charge in [-0.1, -0.05) is 30.3 Å². The first-order valence-electron chi connectivity index (χ1n) is 17.3. The van der Waals surface area contributed by atoms with E-state index in [-0.39, 0.29) is 38.8 Å². The predicted molar refractivity (Wildman–Crippen MR) is 186 cm³/mol. The standard InChI is InChI=1S/C33H52N8O12/c1-18(45)27-32(51)40-25(17-44)31(50)37-20(14-36-24(16-43)30(49)39-23(33(52)53)13-19-7-3-2-4-8-19)9-5-6-12-35-26(46)11-10-22(29(48)41-27)38-28(47)21(34)15-42/h2-4,7-8,18,20-25,27,36,42-45H,5-6,9-17,34H2,1H3,(H,35,46)(H,37,50)(H,38,47)(H,39,49)(H,40,51)(H,41,48)(H,52,53). The van der Waals surface area contributed by atoms with E-state index in [4.69, 9.17) is 5.73 Å². The number of amides is 6. The topological polar surface area (TPSA) is 331 Å². The van der Waals surface area contributed by atoms with Gasteiger partial charge in [0.15, 0.2) is 0 Å². The number of carboxylic acid groups (broad SMARTS) is 1. The summed E-state index contributed by atoms with van der Waals surface area (Å²) in [6.07, 6.45) is -0.988. The fraction of sp³-hybridized carbons (Fsp3) is 0.606. The highest BCUT2D eigenvalue weighted by atomic mass is 16.4. The molecule has 8 unspecified atom stereocenters. The van der Waals surface area contributed by atoms with Crippen molar-refractivity contribution in [1.82, 2.24) is 37.2 Å². The molecule has 1 aromatic rings. The first kappa shape index (κ1) is 44.4. The lowest BCUT2D eigenvalue weighted by molar-refractivity contribution is -0.142. The molecular formula is C33H52N8O12. The van der Waals surface area contributed by atoms with Gasteiger partial charge >= 0.3 is 5.97 Å². The molecule has 53 heavy (non-hydrogen) atoms. The number of aliphatic hydroxyl groups excluding tert-OH is 4. The van der Waals surface area contributed by atoms with E-state index in [9.17, 15) is 59.1 Å². The van der Waals surface area contributed by atoms with Crippen LogP contribution in [0.1, 0.15) is 44.6 Å². The molecule has 1 aromatic carbocycles. The number of carboxylic acids is 1. The van der Waals surface area contributed by atoms with Gasteiger partial charge in [0.25, 0.3) is 0 Å². The summed E-state index contributed by atoms with van der Waals surface area (Å²) in [5, 5.41) is 66.6. The summed E-state index contributed by atoms with van der Waals surface area (Å²) >= 11 is 0. The summed E-state index contributed by atoms with van der Waals surface area (Å²) < 4.78 is 0. The fourth-order valence-electron chi connectivity index (χ4n) is 5.23. The monoisotopic (exact) mass is 752 g/mol. The average Bonchev–Trinajstić information content (AvgIpc) is 3.13. The van der Waals surface area contributed by atoms with Crippen molar-refractivity contribution in [2.45, 2.75) is 93.8 Å². The molecule has 14 N–H and O–H groups in total. The van der Waals surface area contributed by atoms with Crippen molar-refractivity contribution in [1.29, 1.82) is 0 Å². The molecule has 1 saturated heterocycles. The summed E-state index contributed by atoms with van der Waals surface area (Å²) in [7, 11) is 0. The van der Waals surface area contributed by atoms with Crippen LogP contribution in [0.3, 0.4) is 0 Å². The second-order valence-corrected chi connectivity index (χ2v) is 12.6. The van der Waals surface area contributed by atoms with Crippen LogP contribution >= 0.6 is 0 Å². The summed E-state index contributed by atoms with van der Waals surface area (Å²) in [6, 6.07) is -0.810. The molecule has 20 heteroatoms. The van der Waals surface area contributed by atoms with Crippen LogP contribution in [0.4, 0.5) is 0 Å². The first-order chi connectivity index (χ1) is 25.2. The van der Waals surface area contributed by atoms with Gasteiger partial charge in [-0.3, -0.25) is 28.8 Å². The Labute approximate surface area is 306 Å². The Balaban J connectivity index is 2.22. The van der Waals surface area contributed by atoms with Gasteiger partial charge in [-0.15, -0.1) is 0 Å². The van der Waals surface area contributed by atoms with Crippen molar-refractivity contribution in [3.8, 4) is 0 Å². The van der Waals surface area contributed by atoms with Crippen LogP contribution < -0.4 is 43.0 Å². The second-order valence-electron chi connectivity index (χ2n) is 12.6. The van der Waals surface area contributed by atoms with Gasteiger partial charge in [0, 0.05) is 32.0 Å². The zero-order chi connectivity index (χ0) is 39.5. The third kappa shape index (κ3) is 15.4.